The smallest absolute Gasteiger partial charge is 0.125 e. The second-order valence-corrected chi connectivity index (χ2v) is 5.96. The Morgan fingerprint density at radius 3 is 2.47 bits per heavy atom. The summed E-state index contributed by atoms with van der Waals surface area (Å²) in [5, 5.41) is -0.206. The molecule has 0 aliphatic rings. The standard InChI is InChI=1S/C16H16BrClO/c1-10-4-5-11(2)14(8-10)16(18)13-7-6-12(17)9-15(13)19-3/h4-9,16H,1-3H3. The monoisotopic (exact) mass is 338 g/mol. The van der Waals surface area contributed by atoms with E-state index in [0.717, 1.165) is 21.3 Å². The largest absolute Gasteiger partial charge is 0.496 e. The molecule has 0 fully saturated rings. The van der Waals surface area contributed by atoms with E-state index < -0.39 is 0 Å². The fraction of sp³-hybridized carbons (Fsp3) is 0.250. The lowest BCUT2D eigenvalue weighted by molar-refractivity contribution is 0.410. The summed E-state index contributed by atoms with van der Waals surface area (Å²) in [7, 11) is 1.66. The molecule has 0 spiro atoms. The third kappa shape index (κ3) is 3.13. The van der Waals surface area contributed by atoms with Gasteiger partial charge in [-0.3, -0.25) is 0 Å². The Morgan fingerprint density at radius 1 is 1.05 bits per heavy atom. The number of rotatable bonds is 3. The normalized spacial score (nSPS) is 12.3. The van der Waals surface area contributed by atoms with Gasteiger partial charge in [0.05, 0.1) is 12.5 Å². The van der Waals surface area contributed by atoms with Crippen molar-refractivity contribution in [2.24, 2.45) is 0 Å². The summed E-state index contributed by atoms with van der Waals surface area (Å²) in [5.41, 5.74) is 4.52. The van der Waals surface area contributed by atoms with Gasteiger partial charge in [0.15, 0.2) is 0 Å². The molecule has 0 radical (unpaired) electrons. The van der Waals surface area contributed by atoms with Gasteiger partial charge in [0.25, 0.3) is 0 Å². The van der Waals surface area contributed by atoms with E-state index in [2.05, 4.69) is 48.0 Å². The molecular weight excluding hydrogens is 324 g/mol. The highest BCUT2D eigenvalue weighted by atomic mass is 79.9. The highest BCUT2D eigenvalue weighted by Crippen LogP contribution is 2.38. The molecule has 1 atom stereocenters. The molecule has 2 rings (SSSR count). The number of alkyl halides is 1. The first-order valence-electron chi connectivity index (χ1n) is 6.07. The van der Waals surface area contributed by atoms with Crippen molar-refractivity contribution >= 4 is 27.5 Å². The third-order valence-electron chi connectivity index (χ3n) is 3.18. The maximum Gasteiger partial charge on any atom is 0.125 e. The molecule has 0 aliphatic heterocycles. The average molecular weight is 340 g/mol. The summed E-state index contributed by atoms with van der Waals surface area (Å²) in [6.45, 7) is 4.15. The first-order chi connectivity index (χ1) is 9.02. The molecule has 0 saturated heterocycles. The molecule has 1 nitrogen and oxygen atoms in total. The van der Waals surface area contributed by atoms with Crippen molar-refractivity contribution in [3.8, 4) is 5.75 Å². The van der Waals surface area contributed by atoms with Crippen LogP contribution in [0.1, 0.15) is 27.6 Å². The molecule has 100 valence electrons. The second-order valence-electron chi connectivity index (χ2n) is 4.61. The zero-order valence-electron chi connectivity index (χ0n) is 11.2. The van der Waals surface area contributed by atoms with Crippen LogP contribution in [0.15, 0.2) is 40.9 Å². The SMILES string of the molecule is COc1cc(Br)ccc1C(Cl)c1cc(C)ccc1C. The van der Waals surface area contributed by atoms with Gasteiger partial charge in [0.2, 0.25) is 0 Å². The van der Waals surface area contributed by atoms with Crippen LogP contribution in [0.3, 0.4) is 0 Å². The lowest BCUT2D eigenvalue weighted by atomic mass is 9.97. The van der Waals surface area contributed by atoms with Gasteiger partial charge >= 0.3 is 0 Å². The molecule has 0 amide bonds. The van der Waals surface area contributed by atoms with E-state index in [1.54, 1.807) is 7.11 Å². The molecule has 0 bridgehead atoms. The van der Waals surface area contributed by atoms with E-state index in [-0.39, 0.29) is 5.38 Å². The van der Waals surface area contributed by atoms with Crippen molar-refractivity contribution < 1.29 is 4.74 Å². The second kappa shape index (κ2) is 5.98. The number of halogens is 2. The minimum atomic E-state index is -0.206. The van der Waals surface area contributed by atoms with Crippen LogP contribution in [0.4, 0.5) is 0 Å². The molecule has 0 saturated carbocycles. The Morgan fingerprint density at radius 2 is 1.79 bits per heavy atom. The van der Waals surface area contributed by atoms with E-state index >= 15 is 0 Å². The predicted octanol–water partition coefficient (Wildman–Crippen LogP) is 5.40. The van der Waals surface area contributed by atoms with Gasteiger partial charge < -0.3 is 4.74 Å². The zero-order chi connectivity index (χ0) is 14.0. The Balaban J connectivity index is 2.49. The maximum absolute atomic E-state index is 6.65. The Kier molecular flexibility index (Phi) is 4.54. The van der Waals surface area contributed by atoms with Crippen LogP contribution in [-0.4, -0.2) is 7.11 Å². The van der Waals surface area contributed by atoms with Crippen LogP contribution in [0.5, 0.6) is 5.75 Å². The molecule has 19 heavy (non-hydrogen) atoms. The number of hydrogen-bond donors (Lipinski definition) is 0. The van der Waals surface area contributed by atoms with Crippen LogP contribution in [0, 0.1) is 13.8 Å². The van der Waals surface area contributed by atoms with Crippen molar-refractivity contribution in [3.05, 3.63) is 63.1 Å². The number of methoxy groups -OCH3 is 1. The van der Waals surface area contributed by atoms with Gasteiger partial charge in [-0.15, -0.1) is 11.6 Å². The number of benzene rings is 2. The minimum Gasteiger partial charge on any atom is -0.496 e. The number of aryl methyl sites for hydroxylation is 2. The van der Waals surface area contributed by atoms with Crippen molar-refractivity contribution in [1.29, 1.82) is 0 Å². The van der Waals surface area contributed by atoms with Gasteiger partial charge in [-0.25, -0.2) is 0 Å². The molecule has 0 N–H and O–H groups in total. The molecule has 2 aromatic rings. The van der Waals surface area contributed by atoms with Crippen LogP contribution >= 0.6 is 27.5 Å². The average Bonchev–Trinajstić information content (AvgIpc) is 2.40. The fourth-order valence-corrected chi connectivity index (χ4v) is 2.85. The topological polar surface area (TPSA) is 9.23 Å². The summed E-state index contributed by atoms with van der Waals surface area (Å²) >= 11 is 10.1. The minimum absolute atomic E-state index is 0.206. The first kappa shape index (κ1) is 14.4. The summed E-state index contributed by atoms with van der Waals surface area (Å²) in [6, 6.07) is 12.3. The first-order valence-corrected chi connectivity index (χ1v) is 7.30. The molecule has 2 aromatic carbocycles. The fourth-order valence-electron chi connectivity index (χ4n) is 2.09. The van der Waals surface area contributed by atoms with Gasteiger partial charge in [-0.1, -0.05) is 45.8 Å². The predicted molar refractivity (Wildman–Crippen MR) is 84.3 cm³/mol. The summed E-state index contributed by atoms with van der Waals surface area (Å²) in [6.07, 6.45) is 0. The van der Waals surface area contributed by atoms with E-state index in [1.807, 2.05) is 18.2 Å². The zero-order valence-corrected chi connectivity index (χ0v) is 13.5. The third-order valence-corrected chi connectivity index (χ3v) is 4.14. The Labute approximate surface area is 127 Å². The van der Waals surface area contributed by atoms with E-state index in [0.29, 0.717) is 0 Å². The molecule has 0 aromatic heterocycles. The molecule has 1 unspecified atom stereocenters. The molecule has 0 aliphatic carbocycles. The molecular formula is C16H16BrClO. The lowest BCUT2D eigenvalue weighted by Crippen LogP contribution is -2.00. The van der Waals surface area contributed by atoms with E-state index in [4.69, 9.17) is 16.3 Å². The summed E-state index contributed by atoms with van der Waals surface area (Å²) in [4.78, 5) is 0. The number of hydrogen-bond acceptors (Lipinski definition) is 1. The van der Waals surface area contributed by atoms with Gasteiger partial charge in [0, 0.05) is 10.0 Å². The van der Waals surface area contributed by atoms with Gasteiger partial charge in [0.1, 0.15) is 5.75 Å². The quantitative estimate of drug-likeness (QED) is 0.680. The Bertz CT molecular complexity index is 595. The van der Waals surface area contributed by atoms with Crippen LogP contribution in [-0.2, 0) is 0 Å². The summed E-state index contributed by atoms with van der Waals surface area (Å²) < 4.78 is 6.41. The lowest BCUT2D eigenvalue weighted by Gasteiger charge is -2.17. The highest BCUT2D eigenvalue weighted by molar-refractivity contribution is 9.10. The Hall–Kier alpha value is -0.990. The van der Waals surface area contributed by atoms with E-state index in [1.165, 1.54) is 11.1 Å². The number of ether oxygens (including phenoxy) is 1. The molecule has 3 heteroatoms. The molecule has 0 heterocycles. The van der Waals surface area contributed by atoms with Crippen LogP contribution in [0.25, 0.3) is 0 Å². The van der Waals surface area contributed by atoms with Crippen molar-refractivity contribution in [3.63, 3.8) is 0 Å². The summed E-state index contributed by atoms with van der Waals surface area (Å²) in [5.74, 6) is 0.801. The van der Waals surface area contributed by atoms with Gasteiger partial charge in [-0.2, -0.15) is 0 Å². The van der Waals surface area contributed by atoms with Crippen molar-refractivity contribution in [1.82, 2.24) is 0 Å². The maximum atomic E-state index is 6.65. The van der Waals surface area contributed by atoms with E-state index in [9.17, 15) is 0 Å². The van der Waals surface area contributed by atoms with Crippen molar-refractivity contribution in [2.45, 2.75) is 19.2 Å². The van der Waals surface area contributed by atoms with Gasteiger partial charge in [-0.05, 0) is 37.1 Å². The van der Waals surface area contributed by atoms with Crippen LogP contribution in [0.2, 0.25) is 0 Å². The van der Waals surface area contributed by atoms with Crippen molar-refractivity contribution in [2.75, 3.05) is 7.11 Å². The highest BCUT2D eigenvalue weighted by Gasteiger charge is 2.17. The van der Waals surface area contributed by atoms with Crippen LogP contribution < -0.4 is 4.74 Å².